The van der Waals surface area contributed by atoms with Crippen LogP contribution in [-0.4, -0.2) is 23.1 Å². The van der Waals surface area contributed by atoms with Gasteiger partial charge in [0.1, 0.15) is 11.6 Å². The monoisotopic (exact) mass is 435 g/mol. The van der Waals surface area contributed by atoms with Gasteiger partial charge < -0.3 is 0 Å². The Hall–Kier alpha value is -4.01. The zero-order valence-corrected chi connectivity index (χ0v) is 17.6. The highest BCUT2D eigenvalue weighted by molar-refractivity contribution is 5.77. The average molecular weight is 435 g/mol. The maximum Gasteiger partial charge on any atom is 0.332 e. The van der Waals surface area contributed by atoms with E-state index in [0.29, 0.717) is 17.2 Å². The highest BCUT2D eigenvalue weighted by atomic mass is 19.1. The number of aromatic nitrogens is 5. The van der Waals surface area contributed by atoms with Crippen molar-refractivity contribution >= 4 is 16.9 Å². The zero-order valence-electron chi connectivity index (χ0n) is 17.6. The minimum absolute atomic E-state index is 0.174. The Morgan fingerprint density at radius 3 is 2.25 bits per heavy atom. The van der Waals surface area contributed by atoms with Gasteiger partial charge in [-0.05, 0) is 32.0 Å². The van der Waals surface area contributed by atoms with E-state index in [1.165, 1.54) is 29.8 Å². The molecule has 162 valence electrons. The SMILES string of the molecule is Cc1c(C)n2c3c(=O)n(Cc4ccccc4F)c(=O)n(C)c3nc2n1-c1ccccc1F. The summed E-state index contributed by atoms with van der Waals surface area (Å²) in [4.78, 5) is 31.0. The number of nitrogens with zero attached hydrogens (tertiary/aromatic N) is 5. The third kappa shape index (κ3) is 2.67. The molecular weight excluding hydrogens is 416 g/mol. The van der Waals surface area contributed by atoms with Crippen LogP contribution in [0.1, 0.15) is 17.0 Å². The number of halogens is 2. The Labute approximate surface area is 180 Å². The highest BCUT2D eigenvalue weighted by Crippen LogP contribution is 2.25. The van der Waals surface area contributed by atoms with Crippen molar-refractivity contribution < 1.29 is 8.78 Å². The lowest BCUT2D eigenvalue weighted by Gasteiger charge is -2.09. The molecule has 0 bridgehead atoms. The first kappa shape index (κ1) is 19.9. The number of hydrogen-bond donors (Lipinski definition) is 0. The van der Waals surface area contributed by atoms with E-state index in [0.717, 1.165) is 4.57 Å². The maximum atomic E-state index is 14.6. The van der Waals surface area contributed by atoms with Crippen LogP contribution in [0.2, 0.25) is 0 Å². The summed E-state index contributed by atoms with van der Waals surface area (Å²) in [6, 6.07) is 12.3. The van der Waals surface area contributed by atoms with Gasteiger partial charge in [0, 0.05) is 24.0 Å². The summed E-state index contributed by atoms with van der Waals surface area (Å²) >= 11 is 0. The summed E-state index contributed by atoms with van der Waals surface area (Å²) in [5.41, 5.74) is 1.04. The predicted molar refractivity (Wildman–Crippen MR) is 116 cm³/mol. The maximum absolute atomic E-state index is 14.6. The first-order valence-electron chi connectivity index (χ1n) is 9.99. The van der Waals surface area contributed by atoms with Crippen LogP contribution in [0, 0.1) is 25.5 Å². The van der Waals surface area contributed by atoms with Crippen molar-refractivity contribution in [3.63, 3.8) is 0 Å². The van der Waals surface area contributed by atoms with Gasteiger partial charge in [-0.1, -0.05) is 30.3 Å². The second-order valence-corrected chi connectivity index (χ2v) is 7.70. The van der Waals surface area contributed by atoms with E-state index in [1.54, 1.807) is 46.2 Å². The molecule has 0 spiro atoms. The van der Waals surface area contributed by atoms with E-state index in [4.69, 9.17) is 0 Å². The zero-order chi connectivity index (χ0) is 22.7. The van der Waals surface area contributed by atoms with Crippen LogP contribution in [0.25, 0.3) is 22.6 Å². The number of fused-ring (bicyclic) bond motifs is 3. The molecular formula is C23H19F2N5O2. The first-order valence-corrected chi connectivity index (χ1v) is 9.99. The lowest BCUT2D eigenvalue weighted by atomic mass is 10.2. The summed E-state index contributed by atoms with van der Waals surface area (Å²) in [6.07, 6.45) is 0. The molecule has 3 aromatic heterocycles. The van der Waals surface area contributed by atoms with Crippen molar-refractivity contribution in [2.24, 2.45) is 7.05 Å². The average Bonchev–Trinajstić information content (AvgIpc) is 3.27. The number of para-hydroxylation sites is 1. The van der Waals surface area contributed by atoms with Crippen LogP contribution in [0.15, 0.2) is 58.1 Å². The van der Waals surface area contributed by atoms with Gasteiger partial charge in [-0.2, -0.15) is 4.98 Å². The van der Waals surface area contributed by atoms with Crippen molar-refractivity contribution in [1.29, 1.82) is 0 Å². The van der Waals surface area contributed by atoms with Crippen molar-refractivity contribution in [2.45, 2.75) is 20.4 Å². The lowest BCUT2D eigenvalue weighted by Crippen LogP contribution is -2.39. The van der Waals surface area contributed by atoms with Gasteiger partial charge in [0.15, 0.2) is 11.2 Å². The van der Waals surface area contributed by atoms with E-state index >= 15 is 0 Å². The predicted octanol–water partition coefficient (Wildman–Crippen LogP) is 3.08. The van der Waals surface area contributed by atoms with Gasteiger partial charge in [0.05, 0.1) is 12.2 Å². The minimum atomic E-state index is -0.613. The Morgan fingerprint density at radius 1 is 0.906 bits per heavy atom. The second kappa shape index (κ2) is 7.01. The number of hydrogen-bond acceptors (Lipinski definition) is 3. The largest absolute Gasteiger partial charge is 0.332 e. The Kier molecular flexibility index (Phi) is 4.37. The molecule has 5 rings (SSSR count). The molecule has 3 heterocycles. The lowest BCUT2D eigenvalue weighted by molar-refractivity contribution is 0.582. The van der Waals surface area contributed by atoms with E-state index in [-0.39, 0.29) is 29.0 Å². The summed E-state index contributed by atoms with van der Waals surface area (Å²) in [7, 11) is 1.50. The fraction of sp³-hybridized carbons (Fsp3) is 0.174. The highest BCUT2D eigenvalue weighted by Gasteiger charge is 2.24. The van der Waals surface area contributed by atoms with Gasteiger partial charge >= 0.3 is 5.69 Å². The fourth-order valence-electron chi connectivity index (χ4n) is 4.11. The van der Waals surface area contributed by atoms with Crippen LogP contribution in [0.3, 0.4) is 0 Å². The smallest absolute Gasteiger partial charge is 0.280 e. The normalized spacial score (nSPS) is 11.7. The quantitative estimate of drug-likeness (QED) is 0.438. The van der Waals surface area contributed by atoms with Crippen LogP contribution < -0.4 is 11.2 Å². The van der Waals surface area contributed by atoms with Gasteiger partial charge in [0.25, 0.3) is 5.56 Å². The molecule has 0 atom stereocenters. The fourth-order valence-corrected chi connectivity index (χ4v) is 4.11. The van der Waals surface area contributed by atoms with E-state index < -0.39 is 22.9 Å². The van der Waals surface area contributed by atoms with Crippen LogP contribution in [0.5, 0.6) is 0 Å². The molecule has 5 aromatic rings. The standard InChI is InChI=1S/C23H19F2N5O2/c1-13-14(2)30-19-20(26-22(30)29(13)18-11-7-6-10-17(18)25)27(3)23(32)28(21(19)31)12-15-8-4-5-9-16(15)24/h4-11H,12H2,1-3H3. The molecule has 0 saturated carbocycles. The van der Waals surface area contributed by atoms with Crippen LogP contribution >= 0.6 is 0 Å². The number of imidazole rings is 2. The number of aryl methyl sites for hydroxylation is 2. The molecule has 0 amide bonds. The minimum Gasteiger partial charge on any atom is -0.280 e. The van der Waals surface area contributed by atoms with Gasteiger partial charge in [-0.25, -0.2) is 13.6 Å². The van der Waals surface area contributed by atoms with Crippen LogP contribution in [0.4, 0.5) is 8.78 Å². The van der Waals surface area contributed by atoms with Crippen molar-refractivity contribution in [3.05, 3.63) is 98.0 Å². The van der Waals surface area contributed by atoms with Crippen molar-refractivity contribution in [1.82, 2.24) is 23.1 Å². The van der Waals surface area contributed by atoms with Crippen molar-refractivity contribution in [3.8, 4) is 5.69 Å². The molecule has 0 aliphatic carbocycles. The Balaban J connectivity index is 1.87. The topological polar surface area (TPSA) is 66.2 Å². The van der Waals surface area contributed by atoms with E-state index in [1.807, 2.05) is 6.92 Å². The second-order valence-electron chi connectivity index (χ2n) is 7.70. The molecule has 0 N–H and O–H groups in total. The number of benzene rings is 2. The van der Waals surface area contributed by atoms with Gasteiger partial charge in [0.2, 0.25) is 5.78 Å². The summed E-state index contributed by atoms with van der Waals surface area (Å²) in [5.74, 6) is -0.625. The molecule has 0 unspecified atom stereocenters. The molecule has 0 radical (unpaired) electrons. The molecule has 2 aromatic carbocycles. The summed E-state index contributed by atoms with van der Waals surface area (Å²) < 4.78 is 34.3. The third-order valence-electron chi connectivity index (χ3n) is 5.90. The van der Waals surface area contributed by atoms with E-state index in [2.05, 4.69) is 4.98 Å². The molecule has 32 heavy (non-hydrogen) atoms. The Morgan fingerprint density at radius 2 is 1.56 bits per heavy atom. The molecule has 0 saturated heterocycles. The van der Waals surface area contributed by atoms with E-state index in [9.17, 15) is 18.4 Å². The molecule has 9 heteroatoms. The van der Waals surface area contributed by atoms with Crippen molar-refractivity contribution in [2.75, 3.05) is 0 Å². The number of rotatable bonds is 3. The van der Waals surface area contributed by atoms with Gasteiger partial charge in [-0.3, -0.25) is 22.9 Å². The Bertz CT molecular complexity index is 1660. The van der Waals surface area contributed by atoms with Gasteiger partial charge in [-0.15, -0.1) is 0 Å². The molecule has 0 aliphatic heterocycles. The summed E-state index contributed by atoms with van der Waals surface area (Å²) in [5, 5.41) is 0. The first-order chi connectivity index (χ1) is 15.3. The molecule has 0 aliphatic rings. The molecule has 7 nitrogen and oxygen atoms in total. The van der Waals surface area contributed by atoms with Crippen LogP contribution in [-0.2, 0) is 13.6 Å². The summed E-state index contributed by atoms with van der Waals surface area (Å²) in [6.45, 7) is 3.39. The third-order valence-corrected chi connectivity index (χ3v) is 5.90. The molecule has 0 fully saturated rings.